The van der Waals surface area contributed by atoms with Crippen molar-refractivity contribution in [1.82, 2.24) is 5.32 Å². The fraction of sp³-hybridized carbons (Fsp3) is 0.208. The first-order valence-electron chi connectivity index (χ1n) is 9.53. The molecule has 5 heteroatoms. The van der Waals surface area contributed by atoms with Gasteiger partial charge in [-0.1, -0.05) is 78.9 Å². The molecule has 4 rings (SSSR count). The first-order valence-corrected chi connectivity index (χ1v) is 9.53. The lowest BCUT2D eigenvalue weighted by Crippen LogP contribution is -2.57. The maximum absolute atomic E-state index is 12.5. The number of aliphatic hydroxyl groups is 2. The van der Waals surface area contributed by atoms with E-state index in [1.165, 1.54) is 7.11 Å². The van der Waals surface area contributed by atoms with E-state index < -0.39 is 30.3 Å². The molecule has 0 saturated carbocycles. The van der Waals surface area contributed by atoms with Crippen LogP contribution in [-0.2, 0) is 15.1 Å². The molecule has 0 radical (unpaired) electrons. The van der Waals surface area contributed by atoms with Gasteiger partial charge in [-0.2, -0.15) is 0 Å². The van der Waals surface area contributed by atoms with E-state index in [0.717, 1.165) is 27.8 Å². The Morgan fingerprint density at radius 1 is 0.931 bits per heavy atom. The molecule has 5 nitrogen and oxygen atoms in total. The van der Waals surface area contributed by atoms with E-state index in [9.17, 15) is 15.0 Å². The summed E-state index contributed by atoms with van der Waals surface area (Å²) in [6, 6.07) is 24.7. The smallest absolute Gasteiger partial charge is 0.325 e. The average molecular weight is 389 g/mol. The number of ether oxygens (including phenoxy) is 1. The molecule has 3 aromatic carbocycles. The summed E-state index contributed by atoms with van der Waals surface area (Å²) < 4.78 is 4.93. The van der Waals surface area contributed by atoms with E-state index in [0.29, 0.717) is 0 Å². The van der Waals surface area contributed by atoms with E-state index in [2.05, 4.69) is 17.4 Å². The summed E-state index contributed by atoms with van der Waals surface area (Å²) in [5.74, 6) is -0.635. The number of carbonyl (C=O) groups excluding carboxylic acids is 1. The first-order chi connectivity index (χ1) is 14.1. The maximum Gasteiger partial charge on any atom is 0.325 e. The fourth-order valence-corrected chi connectivity index (χ4v) is 4.25. The second kappa shape index (κ2) is 7.79. The summed E-state index contributed by atoms with van der Waals surface area (Å²) in [5.41, 5.74) is 4.11. The molecule has 29 heavy (non-hydrogen) atoms. The van der Waals surface area contributed by atoms with Crippen molar-refractivity contribution < 1.29 is 19.7 Å². The van der Waals surface area contributed by atoms with Crippen LogP contribution in [0.2, 0.25) is 0 Å². The maximum atomic E-state index is 12.5. The molecular formula is C24H23NO4. The summed E-state index contributed by atoms with van der Waals surface area (Å²) in [6.45, 7) is -0.569. The molecule has 0 unspecified atom stereocenters. The fourth-order valence-electron chi connectivity index (χ4n) is 4.25. The van der Waals surface area contributed by atoms with Crippen molar-refractivity contribution in [3.8, 4) is 11.1 Å². The van der Waals surface area contributed by atoms with Crippen LogP contribution in [0.1, 0.15) is 16.7 Å². The molecule has 2 atom stereocenters. The molecule has 0 fully saturated rings. The van der Waals surface area contributed by atoms with E-state index >= 15 is 0 Å². The van der Waals surface area contributed by atoms with Gasteiger partial charge in [0, 0.05) is 0 Å². The summed E-state index contributed by atoms with van der Waals surface area (Å²) in [4.78, 5) is 12.5. The van der Waals surface area contributed by atoms with Gasteiger partial charge in [-0.25, -0.2) is 0 Å². The summed E-state index contributed by atoms with van der Waals surface area (Å²) in [5, 5.41) is 23.4. The third-order valence-electron chi connectivity index (χ3n) is 5.56. The zero-order chi connectivity index (χ0) is 20.4. The lowest BCUT2D eigenvalue weighted by molar-refractivity contribution is -0.147. The lowest BCUT2D eigenvalue weighted by Gasteiger charge is -2.38. The number of esters is 1. The molecule has 3 aromatic rings. The van der Waals surface area contributed by atoms with Crippen LogP contribution >= 0.6 is 0 Å². The van der Waals surface area contributed by atoms with E-state index in [4.69, 9.17) is 4.74 Å². The van der Waals surface area contributed by atoms with Crippen LogP contribution < -0.4 is 5.32 Å². The number of aliphatic hydroxyl groups excluding tert-OH is 2. The van der Waals surface area contributed by atoms with E-state index in [-0.39, 0.29) is 0 Å². The summed E-state index contributed by atoms with van der Waals surface area (Å²) in [7, 11) is 1.27. The largest absolute Gasteiger partial charge is 0.468 e. The number of benzene rings is 3. The average Bonchev–Trinajstić information content (AvgIpc) is 3.08. The van der Waals surface area contributed by atoms with Crippen LogP contribution in [-0.4, -0.2) is 42.0 Å². The molecule has 0 aliphatic heterocycles. The number of hydrogen-bond acceptors (Lipinski definition) is 5. The van der Waals surface area contributed by atoms with Gasteiger partial charge < -0.3 is 14.9 Å². The Hall–Kier alpha value is -2.99. The molecule has 1 aliphatic carbocycles. The first kappa shape index (κ1) is 19.3. The predicted molar refractivity (Wildman–Crippen MR) is 110 cm³/mol. The third kappa shape index (κ3) is 3.04. The van der Waals surface area contributed by atoms with Crippen molar-refractivity contribution in [2.75, 3.05) is 13.7 Å². The van der Waals surface area contributed by atoms with Gasteiger partial charge in [0.05, 0.1) is 19.3 Å². The number of rotatable bonds is 6. The second-order valence-electron chi connectivity index (χ2n) is 7.10. The molecule has 0 bridgehead atoms. The minimum absolute atomic E-state index is 0.569. The second-order valence-corrected chi connectivity index (χ2v) is 7.10. The van der Waals surface area contributed by atoms with Crippen molar-refractivity contribution in [2.45, 2.75) is 17.7 Å². The molecule has 0 amide bonds. The summed E-state index contributed by atoms with van der Waals surface area (Å²) in [6.07, 6.45) is -1.32. The van der Waals surface area contributed by atoms with Crippen molar-refractivity contribution >= 4 is 5.97 Å². The monoisotopic (exact) mass is 389 g/mol. The van der Waals surface area contributed by atoms with Crippen LogP contribution in [0.25, 0.3) is 11.1 Å². The molecule has 0 heterocycles. The number of carbonyl (C=O) groups is 1. The Balaban J connectivity index is 2.00. The Labute approximate surface area is 169 Å². The number of fused-ring (bicyclic) bond motifs is 3. The van der Waals surface area contributed by atoms with Gasteiger partial charge in [0.25, 0.3) is 0 Å². The van der Waals surface area contributed by atoms with Crippen molar-refractivity contribution in [1.29, 1.82) is 0 Å². The van der Waals surface area contributed by atoms with Crippen molar-refractivity contribution in [3.63, 3.8) is 0 Å². The van der Waals surface area contributed by atoms with Gasteiger partial charge in [0.1, 0.15) is 12.1 Å². The Kier molecular flexibility index (Phi) is 5.20. The molecule has 0 aromatic heterocycles. The number of methoxy groups -OCH3 is 1. The van der Waals surface area contributed by atoms with Crippen LogP contribution in [0.15, 0.2) is 78.9 Å². The van der Waals surface area contributed by atoms with Gasteiger partial charge in [-0.05, 0) is 27.8 Å². The minimum atomic E-state index is -1.32. The Morgan fingerprint density at radius 3 is 1.97 bits per heavy atom. The highest BCUT2D eigenvalue weighted by atomic mass is 16.5. The quantitative estimate of drug-likeness (QED) is 0.565. The Morgan fingerprint density at radius 2 is 1.45 bits per heavy atom. The molecule has 0 spiro atoms. The summed E-state index contributed by atoms with van der Waals surface area (Å²) >= 11 is 0. The van der Waals surface area contributed by atoms with Crippen LogP contribution in [0.3, 0.4) is 0 Å². The van der Waals surface area contributed by atoms with Crippen molar-refractivity contribution in [3.05, 3.63) is 95.6 Å². The molecule has 0 saturated heterocycles. The molecular weight excluding hydrogens is 366 g/mol. The van der Waals surface area contributed by atoms with Crippen LogP contribution in [0, 0.1) is 0 Å². The molecule has 1 aliphatic rings. The SMILES string of the molecule is COC(=O)[C@@H](NC1(c2ccccc2)c2ccccc2-c2ccccc21)[C@@H](O)CO. The zero-order valence-electron chi connectivity index (χ0n) is 16.1. The van der Waals surface area contributed by atoms with Gasteiger partial charge >= 0.3 is 5.97 Å². The minimum Gasteiger partial charge on any atom is -0.468 e. The zero-order valence-corrected chi connectivity index (χ0v) is 16.1. The van der Waals surface area contributed by atoms with Gasteiger partial charge in [0.15, 0.2) is 0 Å². The van der Waals surface area contributed by atoms with Gasteiger partial charge in [-0.15, -0.1) is 0 Å². The molecule has 3 N–H and O–H groups in total. The normalized spacial score (nSPS) is 15.8. The number of nitrogens with one attached hydrogen (secondary N) is 1. The van der Waals surface area contributed by atoms with E-state index in [1.54, 1.807) is 0 Å². The topological polar surface area (TPSA) is 78.8 Å². The highest BCUT2D eigenvalue weighted by Crippen LogP contribution is 2.51. The van der Waals surface area contributed by atoms with Crippen molar-refractivity contribution in [2.24, 2.45) is 0 Å². The lowest BCUT2D eigenvalue weighted by atomic mass is 9.79. The third-order valence-corrected chi connectivity index (χ3v) is 5.56. The number of hydrogen-bond donors (Lipinski definition) is 3. The predicted octanol–water partition coefficient (Wildman–Crippen LogP) is 2.44. The highest BCUT2D eigenvalue weighted by molar-refractivity contribution is 5.84. The highest BCUT2D eigenvalue weighted by Gasteiger charge is 2.47. The van der Waals surface area contributed by atoms with Gasteiger partial charge in [0.2, 0.25) is 0 Å². The molecule has 148 valence electrons. The van der Waals surface area contributed by atoms with Gasteiger partial charge in [-0.3, -0.25) is 10.1 Å². The standard InChI is InChI=1S/C24H23NO4/c1-29-23(28)22(21(27)15-26)25-24(16-9-3-2-4-10-16)19-13-7-5-11-17(19)18-12-6-8-14-20(18)24/h2-14,21-22,25-27H,15H2,1H3/t21-,22-/m0/s1. The van der Waals surface area contributed by atoms with Crippen LogP contribution in [0.5, 0.6) is 0 Å². The van der Waals surface area contributed by atoms with Crippen LogP contribution in [0.4, 0.5) is 0 Å². The Bertz CT molecular complexity index is 973. The van der Waals surface area contributed by atoms with E-state index in [1.807, 2.05) is 66.7 Å².